The molecule has 0 spiro atoms. The van der Waals surface area contributed by atoms with E-state index in [4.69, 9.17) is 4.74 Å². The fourth-order valence-corrected chi connectivity index (χ4v) is 2.82. The number of ether oxygens (including phenoxy) is 1. The minimum atomic E-state index is -1.06. The van der Waals surface area contributed by atoms with Crippen molar-refractivity contribution in [1.29, 1.82) is 0 Å². The van der Waals surface area contributed by atoms with Gasteiger partial charge in [-0.25, -0.2) is 4.79 Å². The van der Waals surface area contributed by atoms with Gasteiger partial charge in [0.15, 0.2) is 0 Å². The van der Waals surface area contributed by atoms with Crippen LogP contribution in [0.4, 0.5) is 0 Å². The first-order chi connectivity index (χ1) is 11.1. The predicted octanol–water partition coefficient (Wildman–Crippen LogP) is 3.25. The molecule has 2 heterocycles. The van der Waals surface area contributed by atoms with Crippen molar-refractivity contribution in [1.82, 2.24) is 10.3 Å². The van der Waals surface area contributed by atoms with Crippen LogP contribution < -0.4 is 5.32 Å². The van der Waals surface area contributed by atoms with Gasteiger partial charge in [0.25, 0.3) is 0 Å². The summed E-state index contributed by atoms with van der Waals surface area (Å²) in [6, 6.07) is 11.8. The van der Waals surface area contributed by atoms with Crippen LogP contribution in [0.25, 0.3) is 11.1 Å². The molecule has 0 saturated heterocycles. The Morgan fingerprint density at radius 3 is 2.70 bits per heavy atom. The Bertz CT molecular complexity index is 771. The Labute approximate surface area is 134 Å². The second kappa shape index (κ2) is 5.76. The van der Waals surface area contributed by atoms with Crippen LogP contribution in [0.2, 0.25) is 0 Å². The quantitative estimate of drug-likeness (QED) is 0.907. The lowest BCUT2D eigenvalue weighted by molar-refractivity contribution is -0.139. The van der Waals surface area contributed by atoms with Gasteiger partial charge in [-0.1, -0.05) is 31.2 Å². The third-order valence-electron chi connectivity index (χ3n) is 4.02. The number of carbonyl (C=O) groups is 1. The number of pyridine rings is 1. The van der Waals surface area contributed by atoms with E-state index < -0.39 is 11.7 Å². The van der Waals surface area contributed by atoms with E-state index in [1.807, 2.05) is 43.3 Å². The number of rotatable bonds is 4. The van der Waals surface area contributed by atoms with E-state index in [-0.39, 0.29) is 5.76 Å². The topological polar surface area (TPSA) is 71.5 Å². The summed E-state index contributed by atoms with van der Waals surface area (Å²) in [6.07, 6.45) is 4.12. The van der Waals surface area contributed by atoms with Crippen LogP contribution in [-0.2, 0) is 15.3 Å². The highest BCUT2D eigenvalue weighted by atomic mass is 16.5. The van der Waals surface area contributed by atoms with Crippen molar-refractivity contribution < 1.29 is 14.6 Å². The predicted molar refractivity (Wildman–Crippen MR) is 86.2 cm³/mol. The molecular formula is C18H18N2O3. The highest BCUT2D eigenvalue weighted by Gasteiger charge is 2.41. The summed E-state index contributed by atoms with van der Waals surface area (Å²) in [5, 5.41) is 12.5. The molecule has 1 unspecified atom stereocenters. The van der Waals surface area contributed by atoms with Crippen molar-refractivity contribution in [3.05, 3.63) is 65.8 Å². The third-order valence-corrected chi connectivity index (χ3v) is 4.02. The molecule has 1 atom stereocenters. The second-order valence-electron chi connectivity index (χ2n) is 5.49. The molecule has 0 saturated carbocycles. The van der Waals surface area contributed by atoms with Gasteiger partial charge in [-0.2, -0.15) is 0 Å². The highest BCUT2D eigenvalue weighted by molar-refractivity contribution is 5.85. The van der Waals surface area contributed by atoms with E-state index in [9.17, 15) is 9.90 Å². The van der Waals surface area contributed by atoms with Crippen molar-refractivity contribution in [2.45, 2.75) is 26.0 Å². The lowest BCUT2D eigenvalue weighted by atomic mass is 9.96. The first-order valence-corrected chi connectivity index (χ1v) is 7.48. The first kappa shape index (κ1) is 15.1. The number of carboxylic acid groups (broad SMARTS) is 1. The van der Waals surface area contributed by atoms with Crippen molar-refractivity contribution in [3.8, 4) is 11.1 Å². The molecule has 118 valence electrons. The molecule has 1 aromatic carbocycles. The van der Waals surface area contributed by atoms with Gasteiger partial charge in [-0.15, -0.1) is 0 Å². The van der Waals surface area contributed by atoms with E-state index in [0.717, 1.165) is 16.7 Å². The van der Waals surface area contributed by atoms with E-state index in [2.05, 4.69) is 10.3 Å². The number of benzene rings is 1. The molecule has 0 radical (unpaired) electrons. The molecule has 1 aliphatic rings. The minimum Gasteiger partial charge on any atom is -0.475 e. The number of nitrogens with zero attached hydrogens (tertiary/aromatic N) is 1. The molecule has 0 fully saturated rings. The van der Waals surface area contributed by atoms with Crippen LogP contribution in [-0.4, -0.2) is 16.1 Å². The summed E-state index contributed by atoms with van der Waals surface area (Å²) in [5.74, 6) is -1.09. The maximum atomic E-state index is 11.3. The summed E-state index contributed by atoms with van der Waals surface area (Å²) in [5.41, 5.74) is 2.58. The van der Waals surface area contributed by atoms with Gasteiger partial charge in [-0.3, -0.25) is 4.98 Å². The van der Waals surface area contributed by atoms with E-state index in [0.29, 0.717) is 12.1 Å². The first-order valence-electron chi connectivity index (χ1n) is 7.48. The number of aliphatic carboxylic acids is 1. The number of hydrogen-bond donors (Lipinski definition) is 2. The Morgan fingerprint density at radius 2 is 2.09 bits per heavy atom. The molecule has 0 aliphatic carbocycles. The lowest BCUT2D eigenvalue weighted by Crippen LogP contribution is -2.38. The Morgan fingerprint density at radius 1 is 1.30 bits per heavy atom. The van der Waals surface area contributed by atoms with Crippen LogP contribution in [0.3, 0.4) is 0 Å². The van der Waals surface area contributed by atoms with Crippen LogP contribution in [0.15, 0.2) is 60.2 Å². The fourth-order valence-electron chi connectivity index (χ4n) is 2.82. The molecule has 23 heavy (non-hydrogen) atoms. The van der Waals surface area contributed by atoms with Crippen LogP contribution in [0.1, 0.15) is 25.8 Å². The standard InChI is InChI=1S/C18H18N2O3/c1-3-18(20-12(2)16(23-18)17(21)22)15-8-4-6-13(10-15)14-7-5-9-19-11-14/h4-11,20H,3H2,1-2H3,(H,21,22). The van der Waals surface area contributed by atoms with Crippen LogP contribution in [0.5, 0.6) is 0 Å². The van der Waals surface area contributed by atoms with Crippen LogP contribution >= 0.6 is 0 Å². The van der Waals surface area contributed by atoms with Crippen molar-refractivity contribution in [3.63, 3.8) is 0 Å². The van der Waals surface area contributed by atoms with Crippen molar-refractivity contribution >= 4 is 5.97 Å². The maximum absolute atomic E-state index is 11.3. The largest absolute Gasteiger partial charge is 0.475 e. The van der Waals surface area contributed by atoms with Gasteiger partial charge < -0.3 is 15.2 Å². The zero-order valence-corrected chi connectivity index (χ0v) is 13.0. The zero-order chi connectivity index (χ0) is 16.4. The van der Waals surface area contributed by atoms with Gasteiger partial charge in [0.05, 0.1) is 5.70 Å². The number of nitrogens with one attached hydrogen (secondary N) is 1. The molecular weight excluding hydrogens is 292 g/mol. The Hall–Kier alpha value is -2.82. The van der Waals surface area contributed by atoms with E-state index in [1.54, 1.807) is 19.3 Å². The third kappa shape index (κ3) is 2.65. The number of allylic oxidation sites excluding steroid dienone is 1. The number of carboxylic acids is 1. The van der Waals surface area contributed by atoms with Gasteiger partial charge in [0.2, 0.25) is 11.5 Å². The van der Waals surface area contributed by atoms with Crippen LogP contribution in [0, 0.1) is 0 Å². The fraction of sp³-hybridized carbons (Fsp3) is 0.222. The molecule has 0 bridgehead atoms. The summed E-state index contributed by atoms with van der Waals surface area (Å²) in [7, 11) is 0. The molecule has 0 amide bonds. The Kier molecular flexibility index (Phi) is 3.78. The molecule has 5 nitrogen and oxygen atoms in total. The van der Waals surface area contributed by atoms with E-state index in [1.165, 1.54) is 0 Å². The number of aromatic nitrogens is 1. The summed E-state index contributed by atoms with van der Waals surface area (Å²) >= 11 is 0. The lowest BCUT2D eigenvalue weighted by Gasteiger charge is -2.29. The summed E-state index contributed by atoms with van der Waals surface area (Å²) < 4.78 is 5.80. The van der Waals surface area contributed by atoms with Gasteiger partial charge in [0, 0.05) is 24.4 Å². The van der Waals surface area contributed by atoms with Crippen molar-refractivity contribution in [2.24, 2.45) is 0 Å². The summed E-state index contributed by atoms with van der Waals surface area (Å²) in [4.78, 5) is 15.4. The van der Waals surface area contributed by atoms with E-state index >= 15 is 0 Å². The number of hydrogen-bond acceptors (Lipinski definition) is 4. The molecule has 1 aliphatic heterocycles. The molecule has 2 aromatic rings. The monoisotopic (exact) mass is 310 g/mol. The highest BCUT2D eigenvalue weighted by Crippen LogP contribution is 2.37. The molecule has 3 rings (SSSR count). The van der Waals surface area contributed by atoms with Gasteiger partial charge in [0.1, 0.15) is 0 Å². The maximum Gasteiger partial charge on any atom is 0.373 e. The SMILES string of the molecule is CCC1(c2cccc(-c3cccnc3)c2)NC(C)=C(C(=O)O)O1. The van der Waals surface area contributed by atoms with Crippen molar-refractivity contribution in [2.75, 3.05) is 0 Å². The average molecular weight is 310 g/mol. The Balaban J connectivity index is 2.00. The molecule has 1 aromatic heterocycles. The minimum absolute atomic E-state index is 0.0290. The molecule has 2 N–H and O–H groups in total. The summed E-state index contributed by atoms with van der Waals surface area (Å²) in [6.45, 7) is 3.67. The smallest absolute Gasteiger partial charge is 0.373 e. The van der Waals surface area contributed by atoms with Gasteiger partial charge >= 0.3 is 5.97 Å². The zero-order valence-electron chi connectivity index (χ0n) is 13.0. The van der Waals surface area contributed by atoms with Gasteiger partial charge in [-0.05, 0) is 30.2 Å². The second-order valence-corrected chi connectivity index (χ2v) is 5.49. The molecule has 5 heteroatoms. The average Bonchev–Trinajstić information content (AvgIpc) is 2.94. The normalized spacial score (nSPS) is 20.1.